The zero-order valence-electron chi connectivity index (χ0n) is 21.4. The van der Waals surface area contributed by atoms with Gasteiger partial charge in [0.05, 0.1) is 11.5 Å². The van der Waals surface area contributed by atoms with Gasteiger partial charge in [0.25, 0.3) is 5.91 Å². The van der Waals surface area contributed by atoms with Gasteiger partial charge in [0.1, 0.15) is 24.2 Å². The Balaban J connectivity index is 1.80. The maximum Gasteiger partial charge on any atom is 0.313 e. The van der Waals surface area contributed by atoms with Gasteiger partial charge in [-0.05, 0) is 57.2 Å². The number of esters is 1. The number of fused-ring (bicyclic) bond motifs is 1. The number of rotatable bonds is 10. The Morgan fingerprint density at radius 3 is 2.69 bits per heavy atom. The van der Waals surface area contributed by atoms with Crippen molar-refractivity contribution in [3.8, 4) is 0 Å². The number of anilines is 1. The second-order valence-corrected chi connectivity index (χ2v) is 10.3. The van der Waals surface area contributed by atoms with Crippen molar-refractivity contribution in [2.24, 2.45) is 11.8 Å². The molecule has 2 amide bonds. The molecule has 36 heavy (non-hydrogen) atoms. The van der Waals surface area contributed by atoms with Gasteiger partial charge in [-0.3, -0.25) is 14.4 Å². The molecule has 8 nitrogen and oxygen atoms in total. The summed E-state index contributed by atoms with van der Waals surface area (Å²) in [7, 11) is 0. The van der Waals surface area contributed by atoms with Crippen molar-refractivity contribution in [1.82, 2.24) is 4.90 Å². The van der Waals surface area contributed by atoms with Crippen LogP contribution in [0.4, 0.5) is 5.69 Å². The van der Waals surface area contributed by atoms with Crippen LogP contribution in [0.2, 0.25) is 0 Å². The van der Waals surface area contributed by atoms with Gasteiger partial charge in [0.2, 0.25) is 5.91 Å². The number of aliphatic hydroxyl groups is 1. The predicted octanol–water partition coefficient (Wildman–Crippen LogP) is 2.70. The van der Waals surface area contributed by atoms with E-state index in [1.807, 2.05) is 39.0 Å². The Morgan fingerprint density at radius 2 is 2.03 bits per heavy atom. The first-order valence-corrected chi connectivity index (χ1v) is 12.5. The Labute approximate surface area is 212 Å². The summed E-state index contributed by atoms with van der Waals surface area (Å²) in [5, 5.41) is 9.53. The van der Waals surface area contributed by atoms with Crippen molar-refractivity contribution in [2.45, 2.75) is 57.3 Å². The molecule has 1 N–H and O–H groups in total. The number of amides is 2. The van der Waals surface area contributed by atoms with Crippen LogP contribution in [0.5, 0.6) is 0 Å². The molecular formula is C28H36N2O6. The summed E-state index contributed by atoms with van der Waals surface area (Å²) in [6.07, 6.45) is 4.47. The van der Waals surface area contributed by atoms with Gasteiger partial charge in [-0.1, -0.05) is 30.9 Å². The number of hydrogen-bond acceptors (Lipinski definition) is 6. The standard InChI is InChI=1S/C28H36N2O6/c1-6-13-29(20-17-18(3)9-10-19(20)4)25(33)23-28-12-11-27(5,36-28)22(26(34)35-16-7-2)21(28)24(32)30(23)14-8-15-31/h6-7,9-10,17,21-23,31H,1-2,8,11-16H2,3-5H3/t21-,22+,23?,27-,28?/m0/s1. The van der Waals surface area contributed by atoms with E-state index in [9.17, 15) is 19.5 Å². The normalized spacial score (nSPS) is 30.3. The lowest BCUT2D eigenvalue weighted by Crippen LogP contribution is -2.56. The van der Waals surface area contributed by atoms with Crippen LogP contribution in [0.1, 0.15) is 37.3 Å². The maximum absolute atomic E-state index is 14.4. The molecular weight excluding hydrogens is 460 g/mol. The van der Waals surface area contributed by atoms with E-state index in [0.717, 1.165) is 16.8 Å². The van der Waals surface area contributed by atoms with E-state index in [-0.39, 0.29) is 38.1 Å². The number of hydrogen-bond donors (Lipinski definition) is 1. The number of ether oxygens (including phenoxy) is 2. The fourth-order valence-corrected chi connectivity index (χ4v) is 6.37. The summed E-state index contributed by atoms with van der Waals surface area (Å²) in [4.78, 5) is 44.6. The van der Waals surface area contributed by atoms with Gasteiger partial charge in [0.15, 0.2) is 0 Å². The number of likely N-dealkylation sites (tertiary alicyclic amines) is 1. The lowest BCUT2D eigenvalue weighted by Gasteiger charge is -2.37. The number of benzene rings is 1. The summed E-state index contributed by atoms with van der Waals surface area (Å²) in [6, 6.07) is 4.96. The van der Waals surface area contributed by atoms with Crippen molar-refractivity contribution in [2.75, 3.05) is 31.2 Å². The molecule has 3 aliphatic heterocycles. The van der Waals surface area contributed by atoms with E-state index in [1.54, 1.807) is 11.0 Å². The summed E-state index contributed by atoms with van der Waals surface area (Å²) >= 11 is 0. The third-order valence-electron chi connectivity index (χ3n) is 7.90. The van der Waals surface area contributed by atoms with Crippen LogP contribution in [-0.4, -0.2) is 71.3 Å². The number of aliphatic hydroxyl groups excluding tert-OH is 1. The van der Waals surface area contributed by atoms with E-state index in [0.29, 0.717) is 19.3 Å². The molecule has 1 aromatic rings. The first-order chi connectivity index (χ1) is 17.1. The molecule has 0 radical (unpaired) electrons. The molecule has 0 aromatic heterocycles. The molecule has 1 spiro atoms. The van der Waals surface area contributed by atoms with E-state index in [1.165, 1.54) is 11.0 Å². The van der Waals surface area contributed by atoms with Crippen LogP contribution in [0.15, 0.2) is 43.5 Å². The Bertz CT molecular complexity index is 1090. The fraction of sp³-hybridized carbons (Fsp3) is 0.536. The number of carbonyl (C=O) groups is 3. The van der Waals surface area contributed by atoms with Crippen molar-refractivity contribution in [3.05, 3.63) is 54.6 Å². The summed E-state index contributed by atoms with van der Waals surface area (Å²) < 4.78 is 12.0. The van der Waals surface area contributed by atoms with Gasteiger partial charge in [-0.25, -0.2) is 0 Å². The van der Waals surface area contributed by atoms with Gasteiger partial charge in [0, 0.05) is 25.4 Å². The molecule has 2 unspecified atom stereocenters. The Morgan fingerprint density at radius 1 is 1.28 bits per heavy atom. The van der Waals surface area contributed by atoms with Crippen molar-refractivity contribution in [1.29, 1.82) is 0 Å². The second kappa shape index (κ2) is 9.82. The van der Waals surface area contributed by atoms with Crippen molar-refractivity contribution >= 4 is 23.5 Å². The van der Waals surface area contributed by atoms with E-state index in [4.69, 9.17) is 9.47 Å². The highest BCUT2D eigenvalue weighted by molar-refractivity contribution is 6.05. The molecule has 3 saturated heterocycles. The first-order valence-electron chi connectivity index (χ1n) is 12.5. The average Bonchev–Trinajstić information content (AvgIpc) is 3.41. The van der Waals surface area contributed by atoms with Crippen molar-refractivity contribution in [3.63, 3.8) is 0 Å². The van der Waals surface area contributed by atoms with E-state index < -0.39 is 35.0 Å². The van der Waals surface area contributed by atoms with Gasteiger partial charge in [-0.15, -0.1) is 6.58 Å². The largest absolute Gasteiger partial charge is 0.461 e. The van der Waals surface area contributed by atoms with Gasteiger partial charge < -0.3 is 24.4 Å². The van der Waals surface area contributed by atoms with Crippen molar-refractivity contribution < 1.29 is 29.0 Å². The van der Waals surface area contributed by atoms with Gasteiger partial charge >= 0.3 is 5.97 Å². The molecule has 2 bridgehead atoms. The molecule has 0 aliphatic carbocycles. The Kier molecular flexibility index (Phi) is 7.12. The van der Waals surface area contributed by atoms with Crippen LogP contribution in [0.25, 0.3) is 0 Å². The lowest BCUT2D eigenvalue weighted by atomic mass is 9.66. The summed E-state index contributed by atoms with van der Waals surface area (Å²) in [6.45, 7) is 13.5. The maximum atomic E-state index is 14.4. The number of carbonyl (C=O) groups excluding carboxylic acids is 3. The fourth-order valence-electron chi connectivity index (χ4n) is 6.37. The SMILES string of the molecule is C=CCOC(=O)[C@H]1[C@H]2C(=O)N(CCCO)C(C(=O)N(CC=C)c3cc(C)ccc3C)C23CC[C@]1(C)O3. The smallest absolute Gasteiger partial charge is 0.313 e. The predicted molar refractivity (Wildman–Crippen MR) is 135 cm³/mol. The minimum Gasteiger partial charge on any atom is -0.461 e. The number of aryl methyl sites for hydroxylation is 2. The van der Waals surface area contributed by atoms with Crippen LogP contribution < -0.4 is 4.90 Å². The number of nitrogens with zero attached hydrogens (tertiary/aromatic N) is 2. The molecule has 194 valence electrons. The van der Waals surface area contributed by atoms with E-state index in [2.05, 4.69) is 13.2 Å². The molecule has 3 aliphatic rings. The summed E-state index contributed by atoms with van der Waals surface area (Å²) in [5.41, 5.74) is 0.625. The molecule has 3 heterocycles. The van der Waals surface area contributed by atoms with Crippen LogP contribution in [-0.2, 0) is 23.9 Å². The average molecular weight is 497 g/mol. The van der Waals surface area contributed by atoms with E-state index >= 15 is 0 Å². The topological polar surface area (TPSA) is 96.4 Å². The third kappa shape index (κ3) is 3.96. The lowest BCUT2D eigenvalue weighted by molar-refractivity contribution is -0.158. The zero-order valence-corrected chi connectivity index (χ0v) is 21.4. The molecule has 0 saturated carbocycles. The molecule has 3 fully saturated rings. The highest BCUT2D eigenvalue weighted by atomic mass is 16.6. The molecule has 4 rings (SSSR count). The van der Waals surface area contributed by atoms with Crippen LogP contribution >= 0.6 is 0 Å². The highest BCUT2D eigenvalue weighted by Gasteiger charge is 2.78. The van der Waals surface area contributed by atoms with Gasteiger partial charge in [-0.2, -0.15) is 0 Å². The first kappa shape index (κ1) is 26.1. The zero-order chi connectivity index (χ0) is 26.3. The molecule has 5 atom stereocenters. The molecule has 1 aromatic carbocycles. The third-order valence-corrected chi connectivity index (χ3v) is 7.90. The highest BCUT2D eigenvalue weighted by Crippen LogP contribution is 2.63. The Hall–Kier alpha value is -2.97. The second-order valence-electron chi connectivity index (χ2n) is 10.3. The van der Waals surface area contributed by atoms with Crippen LogP contribution in [0, 0.1) is 25.7 Å². The minimum absolute atomic E-state index is 0.0374. The minimum atomic E-state index is -1.15. The molecule has 8 heteroatoms. The summed E-state index contributed by atoms with van der Waals surface area (Å²) in [5.74, 6) is -2.73. The quantitative estimate of drug-likeness (QED) is 0.395. The van der Waals surface area contributed by atoms with Crippen LogP contribution in [0.3, 0.4) is 0 Å². The monoisotopic (exact) mass is 496 g/mol.